The molecule has 0 bridgehead atoms. The van der Waals surface area contributed by atoms with Gasteiger partial charge in [-0.25, -0.2) is 5.43 Å². The van der Waals surface area contributed by atoms with Crippen LogP contribution in [-0.2, 0) is 0 Å². The van der Waals surface area contributed by atoms with E-state index in [9.17, 15) is 20.1 Å². The second-order valence-electron chi connectivity index (χ2n) is 5.38. The molecular formula is C17H18N2O4. The van der Waals surface area contributed by atoms with E-state index in [4.69, 9.17) is 0 Å². The average molecular weight is 314 g/mol. The maximum atomic E-state index is 11.9. The number of phenolic OH excluding ortho intramolecular Hbond substituents is 3. The molecule has 0 saturated carbocycles. The summed E-state index contributed by atoms with van der Waals surface area (Å²) in [5.41, 5.74) is 4.30. The molecule has 0 aliphatic carbocycles. The summed E-state index contributed by atoms with van der Waals surface area (Å²) >= 11 is 0. The summed E-state index contributed by atoms with van der Waals surface area (Å²) in [6, 6.07) is 9.84. The Morgan fingerprint density at radius 2 is 1.65 bits per heavy atom. The van der Waals surface area contributed by atoms with Gasteiger partial charge >= 0.3 is 0 Å². The predicted molar refractivity (Wildman–Crippen MR) is 87.0 cm³/mol. The molecular weight excluding hydrogens is 296 g/mol. The third-order valence-corrected chi connectivity index (χ3v) is 3.31. The Balaban J connectivity index is 2.04. The van der Waals surface area contributed by atoms with E-state index in [-0.39, 0.29) is 5.56 Å². The van der Waals surface area contributed by atoms with Gasteiger partial charge in [-0.1, -0.05) is 38.1 Å². The van der Waals surface area contributed by atoms with Gasteiger partial charge in [0.2, 0.25) is 0 Å². The second-order valence-corrected chi connectivity index (χ2v) is 5.38. The van der Waals surface area contributed by atoms with Crippen molar-refractivity contribution < 1.29 is 20.1 Å². The van der Waals surface area contributed by atoms with Crippen molar-refractivity contribution in [3.8, 4) is 17.2 Å². The number of nitrogens with zero attached hydrogens (tertiary/aromatic N) is 1. The maximum Gasteiger partial charge on any atom is 0.271 e. The molecule has 0 saturated heterocycles. The van der Waals surface area contributed by atoms with E-state index in [2.05, 4.69) is 24.4 Å². The number of carbonyl (C=O) groups is 1. The third kappa shape index (κ3) is 4.00. The number of rotatable bonds is 4. The molecule has 0 aromatic heterocycles. The van der Waals surface area contributed by atoms with Crippen molar-refractivity contribution >= 4 is 12.1 Å². The Kier molecular flexibility index (Phi) is 4.85. The lowest BCUT2D eigenvalue weighted by molar-refractivity contribution is 0.0954. The number of amides is 1. The van der Waals surface area contributed by atoms with Crippen molar-refractivity contribution in [2.75, 3.05) is 0 Å². The fourth-order valence-corrected chi connectivity index (χ4v) is 1.93. The molecule has 0 atom stereocenters. The van der Waals surface area contributed by atoms with Gasteiger partial charge in [0.1, 0.15) is 0 Å². The van der Waals surface area contributed by atoms with Crippen molar-refractivity contribution in [2.24, 2.45) is 5.10 Å². The highest BCUT2D eigenvalue weighted by Crippen LogP contribution is 2.35. The van der Waals surface area contributed by atoms with Crippen molar-refractivity contribution in [1.82, 2.24) is 5.43 Å². The lowest BCUT2D eigenvalue weighted by Crippen LogP contribution is -2.17. The second kappa shape index (κ2) is 6.83. The van der Waals surface area contributed by atoms with Crippen LogP contribution in [0.2, 0.25) is 0 Å². The topological polar surface area (TPSA) is 102 Å². The quantitative estimate of drug-likeness (QED) is 0.396. The molecule has 120 valence electrons. The van der Waals surface area contributed by atoms with Crippen LogP contribution in [-0.4, -0.2) is 27.4 Å². The standard InChI is InChI=1S/C17H18N2O4/c1-10(2)12-5-3-11(4-6-12)9-18-19-17(23)13-7-14(20)16(22)15(21)8-13/h3-10,20-22H,1-2H3,(H,19,23)/b18-9-. The zero-order valence-electron chi connectivity index (χ0n) is 12.8. The van der Waals surface area contributed by atoms with Crippen LogP contribution in [0.15, 0.2) is 41.5 Å². The molecule has 0 unspecified atom stereocenters. The van der Waals surface area contributed by atoms with Crippen LogP contribution in [0.4, 0.5) is 0 Å². The summed E-state index contributed by atoms with van der Waals surface area (Å²) in [5.74, 6) is -2.01. The highest BCUT2D eigenvalue weighted by atomic mass is 16.3. The lowest BCUT2D eigenvalue weighted by Gasteiger charge is -2.05. The number of phenols is 3. The molecule has 6 nitrogen and oxygen atoms in total. The monoisotopic (exact) mass is 314 g/mol. The SMILES string of the molecule is CC(C)c1ccc(/C=N\NC(=O)c2cc(O)c(O)c(O)c2)cc1. The Morgan fingerprint density at radius 3 is 2.17 bits per heavy atom. The molecule has 2 aromatic carbocycles. The zero-order valence-corrected chi connectivity index (χ0v) is 12.8. The zero-order chi connectivity index (χ0) is 17.0. The van der Waals surface area contributed by atoms with Gasteiger partial charge in [-0.2, -0.15) is 5.10 Å². The van der Waals surface area contributed by atoms with Gasteiger partial charge in [-0.05, 0) is 29.2 Å². The molecule has 1 amide bonds. The molecule has 0 radical (unpaired) electrons. The Hall–Kier alpha value is -3.02. The van der Waals surface area contributed by atoms with E-state index in [1.54, 1.807) is 0 Å². The van der Waals surface area contributed by atoms with Gasteiger partial charge in [0, 0.05) is 5.56 Å². The van der Waals surface area contributed by atoms with Crippen LogP contribution >= 0.6 is 0 Å². The van der Waals surface area contributed by atoms with Gasteiger partial charge in [0.05, 0.1) is 6.21 Å². The summed E-state index contributed by atoms with van der Waals surface area (Å²) in [6.45, 7) is 4.21. The highest BCUT2D eigenvalue weighted by Gasteiger charge is 2.12. The summed E-state index contributed by atoms with van der Waals surface area (Å²) in [7, 11) is 0. The van der Waals surface area contributed by atoms with E-state index in [0.29, 0.717) is 5.92 Å². The van der Waals surface area contributed by atoms with Gasteiger partial charge in [0.25, 0.3) is 5.91 Å². The van der Waals surface area contributed by atoms with Crippen LogP contribution in [0.5, 0.6) is 17.2 Å². The number of hydrazone groups is 1. The van der Waals surface area contributed by atoms with E-state index in [1.165, 1.54) is 11.8 Å². The van der Waals surface area contributed by atoms with Crippen LogP contribution in [0.25, 0.3) is 0 Å². The predicted octanol–water partition coefficient (Wildman–Crippen LogP) is 2.69. The maximum absolute atomic E-state index is 11.9. The molecule has 2 rings (SSSR count). The van der Waals surface area contributed by atoms with Crippen LogP contribution in [0, 0.1) is 0 Å². The van der Waals surface area contributed by atoms with Crippen molar-refractivity contribution in [1.29, 1.82) is 0 Å². The largest absolute Gasteiger partial charge is 0.504 e. The fourth-order valence-electron chi connectivity index (χ4n) is 1.93. The summed E-state index contributed by atoms with van der Waals surface area (Å²) in [5, 5.41) is 31.8. The first-order valence-corrected chi connectivity index (χ1v) is 7.06. The van der Waals surface area contributed by atoms with E-state index in [1.807, 2.05) is 24.3 Å². The third-order valence-electron chi connectivity index (χ3n) is 3.31. The lowest BCUT2D eigenvalue weighted by atomic mass is 10.0. The van der Waals surface area contributed by atoms with Crippen LogP contribution in [0.1, 0.15) is 41.3 Å². The number of benzene rings is 2. The average Bonchev–Trinajstić information content (AvgIpc) is 2.52. The van der Waals surface area contributed by atoms with E-state index >= 15 is 0 Å². The Bertz CT molecular complexity index is 714. The molecule has 0 aliphatic rings. The number of nitrogens with one attached hydrogen (secondary N) is 1. The van der Waals surface area contributed by atoms with Crippen molar-refractivity contribution in [3.63, 3.8) is 0 Å². The van der Waals surface area contributed by atoms with E-state index in [0.717, 1.165) is 17.7 Å². The van der Waals surface area contributed by atoms with Gasteiger partial charge in [-0.3, -0.25) is 4.79 Å². The first-order chi connectivity index (χ1) is 10.9. The molecule has 6 heteroatoms. The molecule has 2 aromatic rings. The number of hydrogen-bond donors (Lipinski definition) is 4. The molecule has 23 heavy (non-hydrogen) atoms. The Morgan fingerprint density at radius 1 is 1.09 bits per heavy atom. The number of carbonyl (C=O) groups excluding carboxylic acids is 1. The molecule has 0 heterocycles. The normalized spacial score (nSPS) is 11.1. The van der Waals surface area contributed by atoms with Crippen molar-refractivity contribution in [2.45, 2.75) is 19.8 Å². The molecule has 0 spiro atoms. The smallest absolute Gasteiger partial charge is 0.271 e. The van der Waals surface area contributed by atoms with Gasteiger partial charge in [0.15, 0.2) is 17.2 Å². The first-order valence-electron chi connectivity index (χ1n) is 7.06. The highest BCUT2D eigenvalue weighted by molar-refractivity contribution is 5.96. The number of hydrogen-bond acceptors (Lipinski definition) is 5. The first kappa shape index (κ1) is 16.4. The Labute approximate surface area is 133 Å². The molecule has 0 fully saturated rings. The van der Waals surface area contributed by atoms with Gasteiger partial charge in [-0.15, -0.1) is 0 Å². The van der Waals surface area contributed by atoms with Crippen LogP contribution in [0.3, 0.4) is 0 Å². The molecule has 4 N–H and O–H groups in total. The van der Waals surface area contributed by atoms with Crippen molar-refractivity contribution in [3.05, 3.63) is 53.1 Å². The summed E-state index contributed by atoms with van der Waals surface area (Å²) in [4.78, 5) is 11.9. The van der Waals surface area contributed by atoms with Crippen LogP contribution < -0.4 is 5.43 Å². The summed E-state index contributed by atoms with van der Waals surface area (Å²) in [6.07, 6.45) is 1.49. The van der Waals surface area contributed by atoms with E-state index < -0.39 is 23.2 Å². The minimum Gasteiger partial charge on any atom is -0.504 e. The molecule has 0 aliphatic heterocycles. The number of aromatic hydroxyl groups is 3. The minimum absolute atomic E-state index is 0.0231. The minimum atomic E-state index is -0.671. The summed E-state index contributed by atoms with van der Waals surface area (Å²) < 4.78 is 0. The fraction of sp³-hybridized carbons (Fsp3) is 0.176. The van der Waals surface area contributed by atoms with Gasteiger partial charge < -0.3 is 15.3 Å².